The predicted octanol–water partition coefficient (Wildman–Crippen LogP) is 4.23. The molecular weight excluding hydrogens is 312 g/mol. The van der Waals surface area contributed by atoms with Gasteiger partial charge in [0.1, 0.15) is 6.10 Å². The fraction of sp³-hybridized carbons (Fsp3) is 0.682. The zero-order chi connectivity index (χ0) is 18.8. The van der Waals surface area contributed by atoms with Crippen LogP contribution < -0.4 is 0 Å². The van der Waals surface area contributed by atoms with Crippen LogP contribution in [0.25, 0.3) is 0 Å². The quantitative estimate of drug-likeness (QED) is 0.387. The van der Waals surface area contributed by atoms with E-state index >= 15 is 0 Å². The van der Waals surface area contributed by atoms with Crippen LogP contribution in [-0.2, 0) is 9.53 Å². The molecule has 0 heterocycles. The van der Waals surface area contributed by atoms with Gasteiger partial charge in [0.05, 0.1) is 18.9 Å². The molecule has 2 atom stereocenters. The van der Waals surface area contributed by atoms with Crippen LogP contribution in [0.1, 0.15) is 85.0 Å². The van der Waals surface area contributed by atoms with E-state index in [1.807, 2.05) is 13.8 Å². The summed E-state index contributed by atoms with van der Waals surface area (Å²) in [7, 11) is 0. The second-order valence-corrected chi connectivity index (χ2v) is 6.03. The first-order valence-corrected chi connectivity index (χ1v) is 9.33. The molecule has 0 spiro atoms. The van der Waals surface area contributed by atoms with Crippen LogP contribution >= 0.6 is 0 Å². The predicted molar refractivity (Wildman–Crippen MR) is 102 cm³/mol. The minimum absolute atomic E-state index is 0.0351. The lowest BCUT2D eigenvalue weighted by atomic mass is 10.1. The van der Waals surface area contributed by atoms with E-state index in [-0.39, 0.29) is 12.1 Å². The van der Waals surface area contributed by atoms with Crippen molar-refractivity contribution in [1.82, 2.24) is 0 Å². The van der Waals surface area contributed by atoms with E-state index in [1.165, 1.54) is 0 Å². The van der Waals surface area contributed by atoms with Gasteiger partial charge in [0, 0.05) is 12.8 Å². The van der Waals surface area contributed by atoms with E-state index in [0.717, 1.165) is 44.9 Å². The van der Waals surface area contributed by atoms with E-state index in [9.17, 15) is 4.79 Å². The summed E-state index contributed by atoms with van der Waals surface area (Å²) in [5.41, 5.74) is 0. The minimum Gasteiger partial charge on any atom is -0.463 e. The van der Waals surface area contributed by atoms with Gasteiger partial charge >= 0.3 is 5.97 Å². The molecule has 0 aliphatic heterocycles. The standard InChI is InChI=1S/C22H32O3/c1-4-21(3)25-22(24)19-17-15-13-11-9-7-5-6-8-10-12-14-16-18-20(2)23/h20-21,23H,4,7-9,11,13-15,17,19H2,1-3H3/t20-,21?/m1/s1. The van der Waals surface area contributed by atoms with E-state index in [1.54, 1.807) is 6.92 Å². The number of aliphatic hydroxyl groups excluding tert-OH is 1. The van der Waals surface area contributed by atoms with Crippen LogP contribution in [0.15, 0.2) is 0 Å². The zero-order valence-corrected chi connectivity index (χ0v) is 16.0. The molecule has 3 heteroatoms. The van der Waals surface area contributed by atoms with Crippen molar-refractivity contribution >= 4 is 5.97 Å². The van der Waals surface area contributed by atoms with Crippen molar-refractivity contribution in [2.24, 2.45) is 0 Å². The van der Waals surface area contributed by atoms with E-state index in [0.29, 0.717) is 19.3 Å². The van der Waals surface area contributed by atoms with Gasteiger partial charge in [-0.3, -0.25) is 4.79 Å². The largest absolute Gasteiger partial charge is 0.463 e. The molecule has 0 amide bonds. The van der Waals surface area contributed by atoms with Crippen molar-refractivity contribution in [2.75, 3.05) is 0 Å². The molecule has 0 saturated heterocycles. The highest BCUT2D eigenvalue weighted by molar-refractivity contribution is 5.69. The van der Waals surface area contributed by atoms with Crippen LogP contribution in [-0.4, -0.2) is 23.3 Å². The average Bonchev–Trinajstić information content (AvgIpc) is 2.57. The number of aliphatic hydroxyl groups is 1. The van der Waals surface area contributed by atoms with Crippen molar-refractivity contribution in [3.63, 3.8) is 0 Å². The maximum Gasteiger partial charge on any atom is 0.306 e. The summed E-state index contributed by atoms with van der Waals surface area (Å²) in [4.78, 5) is 11.5. The Labute approximate surface area is 153 Å². The van der Waals surface area contributed by atoms with Crippen molar-refractivity contribution < 1.29 is 14.6 Å². The maximum absolute atomic E-state index is 11.5. The molecule has 0 bridgehead atoms. The van der Waals surface area contributed by atoms with E-state index < -0.39 is 6.10 Å². The van der Waals surface area contributed by atoms with Gasteiger partial charge in [-0.1, -0.05) is 55.8 Å². The molecule has 0 aromatic heterocycles. The number of ether oxygens (including phenoxy) is 1. The number of carbonyl (C=O) groups excluding carboxylic acids is 1. The molecule has 0 fully saturated rings. The fourth-order valence-electron chi connectivity index (χ4n) is 1.94. The number of unbranched alkanes of at least 4 members (excludes halogenated alkanes) is 5. The lowest BCUT2D eigenvalue weighted by Gasteiger charge is -2.10. The van der Waals surface area contributed by atoms with Gasteiger partial charge in [-0.05, 0) is 33.1 Å². The molecular formula is C22H32O3. The first-order valence-electron chi connectivity index (χ1n) is 9.33. The number of hydrogen-bond acceptors (Lipinski definition) is 3. The van der Waals surface area contributed by atoms with E-state index in [2.05, 4.69) is 35.5 Å². The molecule has 0 rings (SSSR count). The molecule has 0 aromatic rings. The maximum atomic E-state index is 11.5. The smallest absolute Gasteiger partial charge is 0.306 e. The van der Waals surface area contributed by atoms with E-state index in [4.69, 9.17) is 9.84 Å². The number of rotatable bonds is 9. The van der Waals surface area contributed by atoms with Crippen LogP contribution in [0, 0.1) is 35.5 Å². The van der Waals surface area contributed by atoms with Crippen molar-refractivity contribution in [3.8, 4) is 35.5 Å². The fourth-order valence-corrected chi connectivity index (χ4v) is 1.94. The van der Waals surface area contributed by atoms with Gasteiger partial charge in [0.15, 0.2) is 0 Å². The summed E-state index contributed by atoms with van der Waals surface area (Å²) in [6.45, 7) is 5.58. The summed E-state index contributed by atoms with van der Waals surface area (Å²) < 4.78 is 5.24. The zero-order valence-electron chi connectivity index (χ0n) is 16.0. The number of hydrogen-bond donors (Lipinski definition) is 1. The van der Waals surface area contributed by atoms with Crippen LogP contribution in [0.5, 0.6) is 0 Å². The molecule has 0 aliphatic carbocycles. The highest BCUT2D eigenvalue weighted by Gasteiger charge is 2.06. The lowest BCUT2D eigenvalue weighted by Crippen LogP contribution is -2.13. The second kappa shape index (κ2) is 17.0. The molecule has 0 aliphatic rings. The van der Waals surface area contributed by atoms with Gasteiger partial charge in [0.25, 0.3) is 0 Å². The summed E-state index contributed by atoms with van der Waals surface area (Å²) in [5.74, 6) is 17.4. The van der Waals surface area contributed by atoms with Crippen molar-refractivity contribution in [1.29, 1.82) is 0 Å². The summed E-state index contributed by atoms with van der Waals surface area (Å²) in [6.07, 6.45) is 8.18. The first kappa shape index (κ1) is 23.1. The Morgan fingerprint density at radius 3 is 2.20 bits per heavy atom. The first-order chi connectivity index (χ1) is 12.1. The third-order valence-electron chi connectivity index (χ3n) is 3.50. The van der Waals surface area contributed by atoms with Crippen LogP contribution in [0.2, 0.25) is 0 Å². The Morgan fingerprint density at radius 1 is 0.920 bits per heavy atom. The average molecular weight is 344 g/mol. The molecule has 1 N–H and O–H groups in total. The van der Waals surface area contributed by atoms with Crippen molar-refractivity contribution in [3.05, 3.63) is 0 Å². The monoisotopic (exact) mass is 344 g/mol. The Hall–Kier alpha value is -1.89. The molecule has 0 aromatic carbocycles. The molecule has 0 radical (unpaired) electrons. The third kappa shape index (κ3) is 18.3. The van der Waals surface area contributed by atoms with Gasteiger partial charge in [-0.15, -0.1) is 5.92 Å². The highest BCUT2D eigenvalue weighted by Crippen LogP contribution is 2.08. The third-order valence-corrected chi connectivity index (χ3v) is 3.50. The topological polar surface area (TPSA) is 46.5 Å². The van der Waals surface area contributed by atoms with Gasteiger partial charge in [-0.25, -0.2) is 0 Å². The second-order valence-electron chi connectivity index (χ2n) is 6.03. The lowest BCUT2D eigenvalue weighted by molar-refractivity contribution is -0.148. The molecule has 25 heavy (non-hydrogen) atoms. The minimum atomic E-state index is -0.583. The highest BCUT2D eigenvalue weighted by atomic mass is 16.5. The normalized spacial score (nSPS) is 11.7. The Bertz CT molecular complexity index is 529. The van der Waals surface area contributed by atoms with Gasteiger partial charge in [-0.2, -0.15) is 0 Å². The molecule has 138 valence electrons. The summed E-state index contributed by atoms with van der Waals surface area (Å²) >= 11 is 0. The molecule has 0 saturated carbocycles. The SMILES string of the molecule is CCC(C)OC(=O)CCCCCCCC#CCC#CCC#C[C@@H](C)O. The number of esters is 1. The summed E-state index contributed by atoms with van der Waals surface area (Å²) in [5, 5.41) is 8.94. The van der Waals surface area contributed by atoms with Gasteiger partial charge < -0.3 is 9.84 Å². The van der Waals surface area contributed by atoms with Crippen LogP contribution in [0.3, 0.4) is 0 Å². The summed E-state index contributed by atoms with van der Waals surface area (Å²) in [6, 6.07) is 0. The van der Waals surface area contributed by atoms with Crippen molar-refractivity contribution in [2.45, 2.75) is 97.2 Å². The number of carbonyl (C=O) groups is 1. The Kier molecular flexibility index (Phi) is 15.7. The van der Waals surface area contributed by atoms with Gasteiger partial charge in [0.2, 0.25) is 0 Å². The Morgan fingerprint density at radius 2 is 1.52 bits per heavy atom. The Balaban J connectivity index is 3.47. The van der Waals surface area contributed by atoms with Crippen LogP contribution in [0.4, 0.5) is 0 Å². The molecule has 1 unspecified atom stereocenters. The molecule has 3 nitrogen and oxygen atoms in total.